The molecule has 20 heavy (non-hydrogen) atoms. The van der Waals surface area contributed by atoms with Gasteiger partial charge in [0.15, 0.2) is 0 Å². The molecule has 1 aromatic rings. The van der Waals surface area contributed by atoms with E-state index in [9.17, 15) is 0 Å². The summed E-state index contributed by atoms with van der Waals surface area (Å²) in [5.74, 6) is 0.995. The van der Waals surface area contributed by atoms with Crippen LogP contribution >= 0.6 is 0 Å². The van der Waals surface area contributed by atoms with Gasteiger partial charge in [-0.2, -0.15) is 0 Å². The van der Waals surface area contributed by atoms with Crippen LogP contribution in [0.1, 0.15) is 58.4 Å². The Bertz CT molecular complexity index is 414. The van der Waals surface area contributed by atoms with Crippen molar-refractivity contribution >= 4 is 0 Å². The zero-order valence-electron chi connectivity index (χ0n) is 13.2. The molecule has 1 aromatic carbocycles. The molecule has 1 fully saturated rings. The topological polar surface area (TPSA) is 21.3 Å². The SMILES string of the molecule is CCCOc1cccc(CNC2CCCC(C)(C)C2)c1. The molecule has 0 radical (unpaired) electrons. The monoisotopic (exact) mass is 275 g/mol. The molecule has 0 bridgehead atoms. The highest BCUT2D eigenvalue weighted by Crippen LogP contribution is 2.35. The third kappa shape index (κ3) is 4.82. The summed E-state index contributed by atoms with van der Waals surface area (Å²) in [6.45, 7) is 8.66. The van der Waals surface area contributed by atoms with Crippen molar-refractivity contribution in [3.8, 4) is 5.75 Å². The molecule has 1 unspecified atom stereocenters. The van der Waals surface area contributed by atoms with Gasteiger partial charge in [0.2, 0.25) is 0 Å². The normalized spacial score (nSPS) is 21.6. The molecule has 0 amide bonds. The van der Waals surface area contributed by atoms with Gasteiger partial charge in [-0.15, -0.1) is 0 Å². The molecule has 0 spiro atoms. The first-order valence-electron chi connectivity index (χ1n) is 8.04. The van der Waals surface area contributed by atoms with E-state index in [2.05, 4.69) is 44.3 Å². The van der Waals surface area contributed by atoms with Gasteiger partial charge in [0, 0.05) is 12.6 Å². The Labute approximate surface area is 123 Å². The van der Waals surface area contributed by atoms with E-state index in [1.807, 2.05) is 6.07 Å². The van der Waals surface area contributed by atoms with E-state index in [0.29, 0.717) is 11.5 Å². The van der Waals surface area contributed by atoms with Crippen molar-refractivity contribution in [2.24, 2.45) is 5.41 Å². The van der Waals surface area contributed by atoms with Crippen molar-refractivity contribution in [2.75, 3.05) is 6.61 Å². The number of benzene rings is 1. The van der Waals surface area contributed by atoms with Crippen LogP contribution in [0.2, 0.25) is 0 Å². The van der Waals surface area contributed by atoms with Crippen LogP contribution in [0.15, 0.2) is 24.3 Å². The first-order chi connectivity index (χ1) is 9.59. The van der Waals surface area contributed by atoms with Gasteiger partial charge in [0.05, 0.1) is 6.61 Å². The van der Waals surface area contributed by atoms with Crippen molar-refractivity contribution in [1.82, 2.24) is 5.32 Å². The van der Waals surface area contributed by atoms with Crippen molar-refractivity contribution in [1.29, 1.82) is 0 Å². The molecule has 1 aliphatic rings. The maximum Gasteiger partial charge on any atom is 0.119 e. The molecule has 1 N–H and O–H groups in total. The molecule has 1 saturated carbocycles. The molecular weight excluding hydrogens is 246 g/mol. The smallest absolute Gasteiger partial charge is 0.119 e. The standard InChI is InChI=1S/C18H29NO/c1-4-11-20-17-9-5-7-15(12-17)14-19-16-8-6-10-18(2,3)13-16/h5,7,9,12,16,19H,4,6,8,10-11,13-14H2,1-3H3. The first kappa shape index (κ1) is 15.4. The van der Waals surface area contributed by atoms with Crippen LogP contribution in [0.5, 0.6) is 5.75 Å². The van der Waals surface area contributed by atoms with Crippen LogP contribution in [0.3, 0.4) is 0 Å². The molecule has 1 aliphatic carbocycles. The van der Waals surface area contributed by atoms with Gasteiger partial charge in [-0.3, -0.25) is 0 Å². The van der Waals surface area contributed by atoms with Crippen LogP contribution in [-0.2, 0) is 6.54 Å². The van der Waals surface area contributed by atoms with Crippen LogP contribution < -0.4 is 10.1 Å². The second-order valence-electron chi connectivity index (χ2n) is 6.83. The lowest BCUT2D eigenvalue weighted by atomic mass is 9.75. The van der Waals surface area contributed by atoms with E-state index < -0.39 is 0 Å². The van der Waals surface area contributed by atoms with Crippen molar-refractivity contribution < 1.29 is 4.74 Å². The third-order valence-electron chi connectivity index (χ3n) is 4.17. The van der Waals surface area contributed by atoms with Crippen molar-refractivity contribution in [2.45, 2.75) is 65.5 Å². The summed E-state index contributed by atoms with van der Waals surface area (Å²) in [6.07, 6.45) is 6.38. The van der Waals surface area contributed by atoms with Crippen LogP contribution in [0, 0.1) is 5.41 Å². The predicted molar refractivity (Wildman–Crippen MR) is 85.1 cm³/mol. The number of ether oxygens (including phenoxy) is 1. The summed E-state index contributed by atoms with van der Waals surface area (Å²) in [4.78, 5) is 0. The van der Waals surface area contributed by atoms with Crippen molar-refractivity contribution in [3.05, 3.63) is 29.8 Å². The minimum absolute atomic E-state index is 0.502. The summed E-state index contributed by atoms with van der Waals surface area (Å²) in [5.41, 5.74) is 1.82. The van der Waals surface area contributed by atoms with Gasteiger partial charge in [-0.25, -0.2) is 0 Å². The van der Waals surface area contributed by atoms with Crippen LogP contribution in [0.25, 0.3) is 0 Å². The fourth-order valence-electron chi connectivity index (χ4n) is 3.10. The van der Waals surface area contributed by atoms with E-state index in [-0.39, 0.29) is 0 Å². The fraction of sp³-hybridized carbons (Fsp3) is 0.667. The fourth-order valence-corrected chi connectivity index (χ4v) is 3.10. The van der Waals surface area contributed by atoms with Gasteiger partial charge < -0.3 is 10.1 Å². The Morgan fingerprint density at radius 2 is 2.20 bits per heavy atom. The molecular formula is C18H29NO. The number of nitrogens with one attached hydrogen (secondary N) is 1. The maximum absolute atomic E-state index is 5.69. The minimum atomic E-state index is 0.502. The zero-order chi connectivity index (χ0) is 14.4. The lowest BCUT2D eigenvalue weighted by Crippen LogP contribution is -2.36. The van der Waals surface area contributed by atoms with E-state index in [1.54, 1.807) is 0 Å². The van der Waals surface area contributed by atoms with E-state index in [4.69, 9.17) is 4.74 Å². The summed E-state index contributed by atoms with van der Waals surface area (Å²) < 4.78 is 5.69. The van der Waals surface area contributed by atoms with Crippen molar-refractivity contribution in [3.63, 3.8) is 0 Å². The first-order valence-corrected chi connectivity index (χ1v) is 8.04. The molecule has 0 heterocycles. The van der Waals surface area contributed by atoms with Gasteiger partial charge in [-0.1, -0.05) is 39.3 Å². The molecule has 1 atom stereocenters. The lowest BCUT2D eigenvalue weighted by Gasteiger charge is -2.35. The average molecular weight is 275 g/mol. The number of hydrogen-bond donors (Lipinski definition) is 1. The number of hydrogen-bond acceptors (Lipinski definition) is 2. The Morgan fingerprint density at radius 3 is 2.95 bits per heavy atom. The third-order valence-corrected chi connectivity index (χ3v) is 4.17. The molecule has 0 aliphatic heterocycles. The summed E-state index contributed by atoms with van der Waals surface area (Å²) in [5, 5.41) is 3.72. The Balaban J connectivity index is 1.84. The lowest BCUT2D eigenvalue weighted by molar-refractivity contribution is 0.197. The molecule has 2 rings (SSSR count). The van der Waals surface area contributed by atoms with Crippen LogP contribution in [-0.4, -0.2) is 12.6 Å². The maximum atomic E-state index is 5.69. The molecule has 0 saturated heterocycles. The minimum Gasteiger partial charge on any atom is -0.494 e. The highest BCUT2D eigenvalue weighted by Gasteiger charge is 2.27. The summed E-state index contributed by atoms with van der Waals surface area (Å²) in [6, 6.07) is 9.14. The predicted octanol–water partition coefficient (Wildman–Crippen LogP) is 4.53. The Kier molecular flexibility index (Phi) is 5.47. The van der Waals surface area contributed by atoms with Gasteiger partial charge in [0.25, 0.3) is 0 Å². The summed E-state index contributed by atoms with van der Waals surface area (Å²) >= 11 is 0. The second kappa shape index (κ2) is 7.12. The van der Waals surface area contributed by atoms with E-state index in [1.165, 1.54) is 31.2 Å². The largest absolute Gasteiger partial charge is 0.494 e. The summed E-state index contributed by atoms with van der Waals surface area (Å²) in [7, 11) is 0. The molecule has 2 heteroatoms. The quantitative estimate of drug-likeness (QED) is 0.823. The highest BCUT2D eigenvalue weighted by atomic mass is 16.5. The van der Waals surface area contributed by atoms with E-state index >= 15 is 0 Å². The van der Waals surface area contributed by atoms with Crippen LogP contribution in [0.4, 0.5) is 0 Å². The Hall–Kier alpha value is -1.02. The molecule has 112 valence electrons. The zero-order valence-corrected chi connectivity index (χ0v) is 13.2. The average Bonchev–Trinajstić information content (AvgIpc) is 2.42. The molecule has 0 aromatic heterocycles. The van der Waals surface area contributed by atoms with Gasteiger partial charge in [0.1, 0.15) is 5.75 Å². The Morgan fingerprint density at radius 1 is 1.35 bits per heavy atom. The molecule has 2 nitrogen and oxygen atoms in total. The highest BCUT2D eigenvalue weighted by molar-refractivity contribution is 5.28. The van der Waals surface area contributed by atoms with Gasteiger partial charge in [-0.05, 0) is 48.8 Å². The van der Waals surface area contributed by atoms with Gasteiger partial charge >= 0.3 is 0 Å². The number of rotatable bonds is 6. The second-order valence-corrected chi connectivity index (χ2v) is 6.83. The van der Waals surface area contributed by atoms with E-state index in [0.717, 1.165) is 25.3 Å².